The number of nitrogens with zero attached hydrogens (tertiary/aromatic N) is 3. The molecule has 2 fully saturated rings. The van der Waals surface area contributed by atoms with Gasteiger partial charge in [0.2, 0.25) is 0 Å². The summed E-state index contributed by atoms with van der Waals surface area (Å²) in [6.07, 6.45) is 2.19. The highest BCUT2D eigenvalue weighted by atomic mass is 16.4. The van der Waals surface area contributed by atoms with Gasteiger partial charge in [-0.3, -0.25) is 9.69 Å². The maximum Gasteiger partial charge on any atom is 0.320 e. The van der Waals surface area contributed by atoms with Crippen molar-refractivity contribution in [2.24, 2.45) is 5.92 Å². The number of carbonyl (C=O) groups is 2. The van der Waals surface area contributed by atoms with Gasteiger partial charge in [0.1, 0.15) is 0 Å². The van der Waals surface area contributed by atoms with Gasteiger partial charge < -0.3 is 14.9 Å². The molecule has 0 aromatic heterocycles. The van der Waals surface area contributed by atoms with E-state index in [0.717, 1.165) is 26.1 Å². The number of amides is 2. The Kier molecular flexibility index (Phi) is 4.86. The van der Waals surface area contributed by atoms with Gasteiger partial charge in [0, 0.05) is 38.8 Å². The van der Waals surface area contributed by atoms with Crippen LogP contribution in [-0.4, -0.2) is 77.6 Å². The zero-order chi connectivity index (χ0) is 14.7. The molecule has 0 saturated carbocycles. The van der Waals surface area contributed by atoms with Gasteiger partial charge in [0.15, 0.2) is 0 Å². The van der Waals surface area contributed by atoms with E-state index in [1.807, 2.05) is 9.80 Å². The Morgan fingerprint density at radius 1 is 1.10 bits per heavy atom. The first-order valence-corrected chi connectivity index (χ1v) is 7.49. The first kappa shape index (κ1) is 15.1. The molecule has 20 heavy (non-hydrogen) atoms. The first-order chi connectivity index (χ1) is 9.52. The van der Waals surface area contributed by atoms with Crippen LogP contribution in [0.3, 0.4) is 0 Å². The lowest BCUT2D eigenvalue weighted by atomic mass is 9.97. The van der Waals surface area contributed by atoms with Crippen LogP contribution in [0, 0.1) is 5.92 Å². The van der Waals surface area contributed by atoms with Crippen LogP contribution in [0.25, 0.3) is 0 Å². The Hall–Kier alpha value is -1.30. The lowest BCUT2D eigenvalue weighted by molar-refractivity contribution is -0.143. The molecule has 1 N–H and O–H groups in total. The fraction of sp³-hybridized carbons (Fsp3) is 0.857. The van der Waals surface area contributed by atoms with E-state index >= 15 is 0 Å². The maximum atomic E-state index is 12.5. The van der Waals surface area contributed by atoms with Gasteiger partial charge in [0.05, 0.1) is 5.92 Å². The molecule has 2 aliphatic heterocycles. The van der Waals surface area contributed by atoms with Gasteiger partial charge in [-0.1, -0.05) is 6.92 Å². The lowest BCUT2D eigenvalue weighted by Crippen LogP contribution is -2.57. The van der Waals surface area contributed by atoms with Crippen LogP contribution in [0.4, 0.5) is 4.79 Å². The van der Waals surface area contributed by atoms with E-state index in [1.54, 1.807) is 0 Å². The minimum Gasteiger partial charge on any atom is -0.481 e. The van der Waals surface area contributed by atoms with Gasteiger partial charge >= 0.3 is 12.0 Å². The molecule has 0 aromatic rings. The van der Waals surface area contributed by atoms with Crippen molar-refractivity contribution >= 4 is 12.0 Å². The molecule has 0 spiro atoms. The molecule has 6 heteroatoms. The normalized spacial score (nSPS) is 25.8. The van der Waals surface area contributed by atoms with Gasteiger partial charge in [0.25, 0.3) is 0 Å². The molecule has 0 aliphatic carbocycles. The largest absolute Gasteiger partial charge is 0.481 e. The number of aliphatic carboxylic acids is 1. The van der Waals surface area contributed by atoms with Crippen molar-refractivity contribution in [1.82, 2.24) is 14.7 Å². The number of piperazine rings is 1. The van der Waals surface area contributed by atoms with E-state index in [9.17, 15) is 9.59 Å². The third kappa shape index (κ3) is 3.23. The maximum absolute atomic E-state index is 12.5. The topological polar surface area (TPSA) is 64.1 Å². The van der Waals surface area contributed by atoms with Gasteiger partial charge in [-0.25, -0.2) is 4.79 Å². The number of piperidine rings is 1. The van der Waals surface area contributed by atoms with E-state index in [0.29, 0.717) is 32.0 Å². The zero-order valence-electron chi connectivity index (χ0n) is 12.4. The van der Waals surface area contributed by atoms with Crippen LogP contribution in [0.5, 0.6) is 0 Å². The SMILES string of the molecule is CCC1CN(C(=O)N2CCC(C(=O)O)CC2)CCN1C. The monoisotopic (exact) mass is 283 g/mol. The molecule has 2 rings (SSSR count). The van der Waals surface area contributed by atoms with Crippen molar-refractivity contribution in [1.29, 1.82) is 0 Å². The van der Waals surface area contributed by atoms with Crippen LogP contribution < -0.4 is 0 Å². The van der Waals surface area contributed by atoms with Crippen LogP contribution in [0.1, 0.15) is 26.2 Å². The molecular formula is C14H25N3O3. The van der Waals surface area contributed by atoms with Gasteiger partial charge in [-0.2, -0.15) is 0 Å². The van der Waals surface area contributed by atoms with Crippen LogP contribution >= 0.6 is 0 Å². The number of urea groups is 1. The first-order valence-electron chi connectivity index (χ1n) is 7.49. The molecule has 114 valence electrons. The van der Waals surface area contributed by atoms with Crippen LogP contribution in [-0.2, 0) is 4.79 Å². The summed E-state index contributed by atoms with van der Waals surface area (Å²) in [6.45, 7) is 5.75. The Labute approximate surface area is 120 Å². The minimum atomic E-state index is -0.734. The Bertz CT molecular complexity index is 367. The fourth-order valence-corrected chi connectivity index (χ4v) is 3.08. The zero-order valence-corrected chi connectivity index (χ0v) is 12.4. The number of likely N-dealkylation sites (tertiary alicyclic amines) is 1. The number of carboxylic acids is 1. The summed E-state index contributed by atoms with van der Waals surface area (Å²) in [5.74, 6) is -1.02. The highest BCUT2D eigenvalue weighted by Gasteiger charge is 2.32. The standard InChI is InChI=1S/C14H25N3O3/c1-3-12-10-17(9-8-15(12)2)14(20)16-6-4-11(5-7-16)13(18)19/h11-12H,3-10H2,1-2H3,(H,18,19). The number of likely N-dealkylation sites (N-methyl/N-ethyl adjacent to an activating group) is 1. The van der Waals surface area contributed by atoms with Crippen molar-refractivity contribution < 1.29 is 14.7 Å². The Morgan fingerprint density at radius 3 is 2.30 bits per heavy atom. The number of hydrogen-bond donors (Lipinski definition) is 1. The van der Waals surface area contributed by atoms with E-state index in [-0.39, 0.29) is 11.9 Å². The van der Waals surface area contributed by atoms with Crippen molar-refractivity contribution in [3.8, 4) is 0 Å². The molecule has 1 unspecified atom stereocenters. The third-order valence-electron chi connectivity index (χ3n) is 4.63. The predicted molar refractivity (Wildman–Crippen MR) is 75.6 cm³/mol. The second kappa shape index (κ2) is 6.43. The molecule has 0 aromatic carbocycles. The van der Waals surface area contributed by atoms with Crippen molar-refractivity contribution in [2.45, 2.75) is 32.2 Å². The third-order valence-corrected chi connectivity index (χ3v) is 4.63. The Morgan fingerprint density at radius 2 is 1.75 bits per heavy atom. The summed E-state index contributed by atoms with van der Waals surface area (Å²) >= 11 is 0. The summed E-state index contributed by atoms with van der Waals surface area (Å²) in [4.78, 5) is 29.5. The molecular weight excluding hydrogens is 258 g/mol. The quantitative estimate of drug-likeness (QED) is 0.819. The number of rotatable bonds is 2. The fourth-order valence-electron chi connectivity index (χ4n) is 3.08. The summed E-state index contributed by atoms with van der Waals surface area (Å²) in [5.41, 5.74) is 0. The smallest absolute Gasteiger partial charge is 0.320 e. The molecule has 2 heterocycles. The average Bonchev–Trinajstić information content (AvgIpc) is 2.47. The predicted octanol–water partition coefficient (Wildman–Crippen LogP) is 0.929. The van der Waals surface area contributed by atoms with Crippen molar-refractivity contribution in [3.05, 3.63) is 0 Å². The van der Waals surface area contributed by atoms with Gasteiger partial charge in [-0.05, 0) is 26.3 Å². The van der Waals surface area contributed by atoms with Crippen molar-refractivity contribution in [3.63, 3.8) is 0 Å². The highest BCUT2D eigenvalue weighted by Crippen LogP contribution is 2.20. The molecule has 6 nitrogen and oxygen atoms in total. The van der Waals surface area contributed by atoms with Crippen LogP contribution in [0.2, 0.25) is 0 Å². The minimum absolute atomic E-state index is 0.0837. The van der Waals surface area contributed by atoms with E-state index in [1.165, 1.54) is 0 Å². The summed E-state index contributed by atoms with van der Waals surface area (Å²) in [6, 6.07) is 0.518. The summed E-state index contributed by atoms with van der Waals surface area (Å²) in [5, 5.41) is 8.99. The van der Waals surface area contributed by atoms with E-state index in [2.05, 4.69) is 18.9 Å². The molecule has 2 aliphatic rings. The second-order valence-electron chi connectivity index (χ2n) is 5.87. The van der Waals surface area contributed by atoms with Gasteiger partial charge in [-0.15, -0.1) is 0 Å². The molecule has 0 bridgehead atoms. The number of hydrogen-bond acceptors (Lipinski definition) is 3. The van der Waals surface area contributed by atoms with E-state index in [4.69, 9.17) is 5.11 Å². The highest BCUT2D eigenvalue weighted by molar-refractivity contribution is 5.75. The Balaban J connectivity index is 1.87. The molecule has 1 atom stereocenters. The second-order valence-corrected chi connectivity index (χ2v) is 5.87. The molecule has 2 saturated heterocycles. The van der Waals surface area contributed by atoms with Crippen LogP contribution in [0.15, 0.2) is 0 Å². The van der Waals surface area contributed by atoms with Crippen molar-refractivity contribution in [2.75, 3.05) is 39.8 Å². The summed E-state index contributed by atoms with van der Waals surface area (Å²) < 4.78 is 0. The molecule has 2 amide bonds. The summed E-state index contributed by atoms with van der Waals surface area (Å²) in [7, 11) is 2.11. The lowest BCUT2D eigenvalue weighted by Gasteiger charge is -2.42. The number of carboxylic acid groups (broad SMARTS) is 1. The number of carbonyl (C=O) groups excluding carboxylic acids is 1. The molecule has 0 radical (unpaired) electrons. The van der Waals surface area contributed by atoms with E-state index < -0.39 is 5.97 Å². The average molecular weight is 283 g/mol.